The van der Waals surface area contributed by atoms with Crippen molar-refractivity contribution in [1.82, 2.24) is 19.9 Å². The number of ketones is 1. The van der Waals surface area contributed by atoms with Crippen LogP contribution in [0.1, 0.15) is 36.7 Å². The number of rotatable bonds is 5. The highest BCUT2D eigenvalue weighted by Crippen LogP contribution is 2.26. The van der Waals surface area contributed by atoms with Gasteiger partial charge in [0.2, 0.25) is 0 Å². The molecule has 32 heavy (non-hydrogen) atoms. The summed E-state index contributed by atoms with van der Waals surface area (Å²) in [6, 6.07) is 6.06. The Morgan fingerprint density at radius 3 is 2.59 bits per heavy atom. The molecule has 0 unspecified atom stereocenters. The molecule has 8 nitrogen and oxygen atoms in total. The number of fused-ring (bicyclic) bond motifs is 1. The van der Waals surface area contributed by atoms with Crippen LogP contribution in [0.4, 0.5) is 15.9 Å². The number of nitrogens with one attached hydrogen (secondary N) is 2. The van der Waals surface area contributed by atoms with Gasteiger partial charge in [0, 0.05) is 37.0 Å². The molecule has 3 aromatic rings. The zero-order valence-corrected chi connectivity index (χ0v) is 18.4. The van der Waals surface area contributed by atoms with E-state index in [0.717, 1.165) is 0 Å². The number of amides is 1. The summed E-state index contributed by atoms with van der Waals surface area (Å²) in [6.45, 7) is 5.48. The van der Waals surface area contributed by atoms with Crippen molar-refractivity contribution in [2.24, 2.45) is 5.41 Å². The van der Waals surface area contributed by atoms with Crippen molar-refractivity contribution < 1.29 is 14.0 Å². The second-order valence-electron chi connectivity index (χ2n) is 8.46. The first-order chi connectivity index (χ1) is 15.0. The lowest BCUT2D eigenvalue weighted by atomic mass is 9.87. The minimum Gasteiger partial charge on any atom is -0.344 e. The number of H-pyrrole nitrogens is 1. The summed E-state index contributed by atoms with van der Waals surface area (Å²) in [5.74, 6) is -0.862. The number of nitrogens with zero attached hydrogens (tertiary/aromatic N) is 4. The third-order valence-corrected chi connectivity index (χ3v) is 4.64. The van der Waals surface area contributed by atoms with Gasteiger partial charge in [0.25, 0.3) is 5.91 Å². The maximum absolute atomic E-state index is 14.6. The highest BCUT2D eigenvalue weighted by atomic mass is 19.1. The molecule has 1 aromatic carbocycles. The highest BCUT2D eigenvalue weighted by Gasteiger charge is 2.26. The summed E-state index contributed by atoms with van der Waals surface area (Å²) in [6.07, 6.45) is 4.27. The van der Waals surface area contributed by atoms with Gasteiger partial charge in [-0.15, -0.1) is 0 Å². The molecule has 2 aromatic heterocycles. The number of halogens is 1. The number of anilines is 2. The first kappa shape index (κ1) is 22.6. The smallest absolute Gasteiger partial charge is 0.264 e. The Morgan fingerprint density at radius 2 is 2.00 bits per heavy atom. The van der Waals surface area contributed by atoms with E-state index in [1.807, 2.05) is 20.8 Å². The number of Topliss-reactive ketones (excluding diaryl/α,β-unsaturated/α-hetero) is 1. The van der Waals surface area contributed by atoms with Gasteiger partial charge in [0.05, 0.1) is 11.8 Å². The van der Waals surface area contributed by atoms with E-state index in [1.165, 1.54) is 43.4 Å². The van der Waals surface area contributed by atoms with E-state index < -0.39 is 17.1 Å². The van der Waals surface area contributed by atoms with Gasteiger partial charge in [-0.25, -0.2) is 14.4 Å². The zero-order chi connectivity index (χ0) is 23.6. The maximum atomic E-state index is 14.6. The molecule has 1 amide bonds. The van der Waals surface area contributed by atoms with Crippen molar-refractivity contribution >= 4 is 40.4 Å². The lowest BCUT2D eigenvalue weighted by molar-refractivity contribution is -0.124. The van der Waals surface area contributed by atoms with Crippen molar-refractivity contribution in [3.8, 4) is 6.07 Å². The first-order valence-corrected chi connectivity index (χ1v) is 9.80. The fraction of sp³-hybridized carbons (Fsp3) is 0.261. The Balaban J connectivity index is 1.90. The molecule has 0 fully saturated rings. The lowest BCUT2D eigenvalue weighted by Gasteiger charge is -2.15. The summed E-state index contributed by atoms with van der Waals surface area (Å²) in [7, 11) is 3.03. The summed E-state index contributed by atoms with van der Waals surface area (Å²) >= 11 is 0. The number of hydrogen-bond acceptors (Lipinski definition) is 6. The molecule has 9 heteroatoms. The molecule has 0 atom stereocenters. The molecule has 2 N–H and O–H groups in total. The van der Waals surface area contributed by atoms with Gasteiger partial charge in [-0.05, 0) is 24.3 Å². The molecule has 0 aliphatic rings. The highest BCUT2D eigenvalue weighted by molar-refractivity contribution is 6.08. The Morgan fingerprint density at radius 1 is 1.28 bits per heavy atom. The predicted molar refractivity (Wildman–Crippen MR) is 120 cm³/mol. The Hall–Kier alpha value is -4.06. The molecule has 0 bridgehead atoms. The number of benzene rings is 1. The topological polar surface area (TPSA) is 115 Å². The number of nitriles is 1. The van der Waals surface area contributed by atoms with Crippen molar-refractivity contribution in [3.63, 3.8) is 0 Å². The lowest BCUT2D eigenvalue weighted by Crippen LogP contribution is -2.22. The van der Waals surface area contributed by atoms with E-state index >= 15 is 0 Å². The number of hydrogen-bond donors (Lipinski definition) is 2. The second-order valence-corrected chi connectivity index (χ2v) is 8.46. The minimum atomic E-state index is -0.617. The SMILES string of the molecule is CN(C)C(=O)/C(C#N)=C\c1ccc(Nc2cnc3[nH]cc(C(=O)C(C)(C)C)c3n2)cc1F. The van der Waals surface area contributed by atoms with Gasteiger partial charge >= 0.3 is 0 Å². The zero-order valence-electron chi connectivity index (χ0n) is 18.4. The van der Waals surface area contributed by atoms with Crippen LogP contribution < -0.4 is 5.32 Å². The number of aromatic nitrogens is 3. The molecule has 2 heterocycles. The van der Waals surface area contributed by atoms with E-state index in [1.54, 1.807) is 18.3 Å². The number of carbonyl (C=O) groups excluding carboxylic acids is 2. The summed E-state index contributed by atoms with van der Waals surface area (Å²) in [4.78, 5) is 37.6. The van der Waals surface area contributed by atoms with Crippen LogP contribution in [0.25, 0.3) is 17.2 Å². The van der Waals surface area contributed by atoms with Crippen LogP contribution in [-0.2, 0) is 4.79 Å². The maximum Gasteiger partial charge on any atom is 0.264 e. The van der Waals surface area contributed by atoms with Crippen LogP contribution in [-0.4, -0.2) is 45.6 Å². The largest absolute Gasteiger partial charge is 0.344 e. The van der Waals surface area contributed by atoms with Crippen LogP contribution >= 0.6 is 0 Å². The summed E-state index contributed by atoms with van der Waals surface area (Å²) in [5, 5.41) is 12.2. The molecule has 0 spiro atoms. The first-order valence-electron chi connectivity index (χ1n) is 9.80. The van der Waals surface area contributed by atoms with Gasteiger partial charge in [-0.3, -0.25) is 9.59 Å². The summed E-state index contributed by atoms with van der Waals surface area (Å²) in [5.41, 5.74) is 1.08. The van der Waals surface area contributed by atoms with Crippen LogP contribution in [0.15, 0.2) is 36.2 Å². The van der Waals surface area contributed by atoms with E-state index in [-0.39, 0.29) is 16.9 Å². The van der Waals surface area contributed by atoms with E-state index in [2.05, 4.69) is 20.3 Å². The fourth-order valence-corrected chi connectivity index (χ4v) is 2.94. The van der Waals surface area contributed by atoms with Crippen LogP contribution in [0.2, 0.25) is 0 Å². The Kier molecular flexibility index (Phi) is 6.07. The van der Waals surface area contributed by atoms with Crippen molar-refractivity contribution in [2.75, 3.05) is 19.4 Å². The average Bonchev–Trinajstić information content (AvgIpc) is 3.14. The Bertz CT molecular complexity index is 1280. The number of aromatic amines is 1. The van der Waals surface area contributed by atoms with Crippen LogP contribution in [0.5, 0.6) is 0 Å². The Labute approximate surface area is 184 Å². The molecule has 0 saturated heterocycles. The van der Waals surface area contributed by atoms with Crippen molar-refractivity contribution in [2.45, 2.75) is 20.8 Å². The number of carbonyl (C=O) groups is 2. The minimum absolute atomic E-state index is 0.0713. The quantitative estimate of drug-likeness (QED) is 0.355. The molecular weight excluding hydrogens is 411 g/mol. The standard InChI is InChI=1S/C23H23FN6O2/c1-23(2,3)20(31)16-11-26-21-19(16)29-18(12-27-21)28-15-7-6-13(17(24)9-15)8-14(10-25)22(32)30(4)5/h6-9,11-12H,1-5H3,(H,26,27)(H,28,29)/b14-8-. The van der Waals surface area contributed by atoms with Gasteiger partial charge in [0.1, 0.15) is 28.8 Å². The summed E-state index contributed by atoms with van der Waals surface area (Å²) < 4.78 is 14.6. The monoisotopic (exact) mass is 434 g/mol. The van der Waals surface area contributed by atoms with Crippen molar-refractivity contribution in [1.29, 1.82) is 5.26 Å². The normalized spacial score (nSPS) is 11.8. The van der Waals surface area contributed by atoms with Gasteiger partial charge in [-0.2, -0.15) is 5.26 Å². The fourth-order valence-electron chi connectivity index (χ4n) is 2.94. The van der Waals surface area contributed by atoms with Gasteiger partial charge < -0.3 is 15.2 Å². The molecule has 0 radical (unpaired) electrons. The van der Waals surface area contributed by atoms with E-state index in [9.17, 15) is 19.2 Å². The third kappa shape index (κ3) is 4.64. The second kappa shape index (κ2) is 8.59. The number of likely N-dealkylation sites (N-methyl/N-ethyl adjacent to an activating group) is 1. The molecule has 0 saturated carbocycles. The van der Waals surface area contributed by atoms with E-state index in [4.69, 9.17) is 0 Å². The molecule has 0 aliphatic carbocycles. The molecule has 3 rings (SSSR count). The average molecular weight is 434 g/mol. The van der Waals surface area contributed by atoms with Crippen LogP contribution in [0, 0.1) is 22.6 Å². The predicted octanol–water partition coefficient (Wildman–Crippen LogP) is 4.06. The molecule has 164 valence electrons. The van der Waals surface area contributed by atoms with E-state index in [0.29, 0.717) is 28.2 Å². The molecule has 0 aliphatic heterocycles. The van der Waals surface area contributed by atoms with Crippen LogP contribution in [0.3, 0.4) is 0 Å². The molecular formula is C23H23FN6O2. The van der Waals surface area contributed by atoms with Gasteiger partial charge in [-0.1, -0.05) is 20.8 Å². The van der Waals surface area contributed by atoms with Gasteiger partial charge in [0.15, 0.2) is 11.4 Å². The van der Waals surface area contributed by atoms with Crippen molar-refractivity contribution in [3.05, 3.63) is 53.1 Å². The third-order valence-electron chi connectivity index (χ3n) is 4.64.